The van der Waals surface area contributed by atoms with Crippen molar-refractivity contribution < 1.29 is 14.6 Å². The Labute approximate surface area is 115 Å². The summed E-state index contributed by atoms with van der Waals surface area (Å²) >= 11 is 0. The molecule has 1 N–H and O–H groups in total. The first-order valence-corrected chi connectivity index (χ1v) is 7.30. The van der Waals surface area contributed by atoms with Crippen molar-refractivity contribution in [2.75, 3.05) is 13.2 Å². The topological polar surface area (TPSA) is 46.5 Å². The minimum atomic E-state index is -0.0243. The van der Waals surface area contributed by atoms with Gasteiger partial charge in [0, 0.05) is 19.6 Å². The van der Waals surface area contributed by atoms with Crippen LogP contribution in [0.1, 0.15) is 74.1 Å². The molecule has 0 saturated heterocycles. The number of ether oxygens (including phenoxy) is 1. The predicted molar refractivity (Wildman–Crippen MR) is 81.1 cm³/mol. The summed E-state index contributed by atoms with van der Waals surface area (Å²) in [6.45, 7) is 15.5. The zero-order valence-corrected chi connectivity index (χ0v) is 13.7. The van der Waals surface area contributed by atoms with Gasteiger partial charge in [-0.05, 0) is 19.8 Å². The Bertz CT molecular complexity index is 106. The summed E-state index contributed by atoms with van der Waals surface area (Å²) in [5.74, 6) is 0. The van der Waals surface area contributed by atoms with Gasteiger partial charge in [0.05, 0.1) is 6.10 Å². The fourth-order valence-corrected chi connectivity index (χ4v) is 0.490. The van der Waals surface area contributed by atoms with E-state index in [0.717, 1.165) is 19.4 Å². The molecule has 3 nitrogen and oxygen atoms in total. The molecule has 1 atom stereocenters. The second-order valence-electron chi connectivity index (χ2n) is 3.48. The van der Waals surface area contributed by atoms with E-state index in [9.17, 15) is 4.79 Å². The standard InChI is InChI=1S/C7H16O.C3H6O2.C3H8.C2H6/c1-4-6-8-7(3)5-2;4-2-1-3-5;1-3-2;1-2/h7H,4-6H2,1-3H3;2,5H,1,3H2;3H2,1-2H3;1-2H3. The average Bonchev–Trinajstić information content (AvgIpc) is 2.41. The quantitative estimate of drug-likeness (QED) is 0.731. The largest absolute Gasteiger partial charge is 0.396 e. The van der Waals surface area contributed by atoms with Gasteiger partial charge in [0.15, 0.2) is 0 Å². The molecule has 0 aliphatic heterocycles. The number of carbonyl (C=O) groups excluding carboxylic acids is 1. The fraction of sp³-hybridized carbons (Fsp3) is 0.933. The van der Waals surface area contributed by atoms with E-state index in [1.165, 1.54) is 6.42 Å². The Morgan fingerprint density at radius 2 is 1.61 bits per heavy atom. The highest BCUT2D eigenvalue weighted by Crippen LogP contribution is 1.95. The molecule has 0 bridgehead atoms. The average molecular weight is 264 g/mol. The third kappa shape index (κ3) is 57.6. The van der Waals surface area contributed by atoms with Crippen LogP contribution in [0, 0.1) is 0 Å². The van der Waals surface area contributed by atoms with E-state index in [2.05, 4.69) is 34.6 Å². The normalized spacial score (nSPS) is 9.56. The number of aliphatic hydroxyl groups excluding tert-OH is 1. The van der Waals surface area contributed by atoms with Crippen LogP contribution in [0.4, 0.5) is 0 Å². The van der Waals surface area contributed by atoms with Gasteiger partial charge >= 0.3 is 0 Å². The van der Waals surface area contributed by atoms with Crippen molar-refractivity contribution in [2.24, 2.45) is 0 Å². The lowest BCUT2D eigenvalue weighted by molar-refractivity contribution is -0.108. The number of hydrogen-bond donors (Lipinski definition) is 1. The zero-order valence-electron chi connectivity index (χ0n) is 13.7. The lowest BCUT2D eigenvalue weighted by Crippen LogP contribution is -2.06. The second-order valence-corrected chi connectivity index (χ2v) is 3.48. The molecule has 18 heavy (non-hydrogen) atoms. The van der Waals surface area contributed by atoms with Crippen molar-refractivity contribution in [1.82, 2.24) is 0 Å². The Kier molecular flexibility index (Phi) is 52.4. The Morgan fingerprint density at radius 1 is 1.17 bits per heavy atom. The number of hydrogen-bond acceptors (Lipinski definition) is 3. The Morgan fingerprint density at radius 3 is 1.78 bits per heavy atom. The van der Waals surface area contributed by atoms with Crippen molar-refractivity contribution in [3.63, 3.8) is 0 Å². The van der Waals surface area contributed by atoms with Gasteiger partial charge in [0.25, 0.3) is 0 Å². The Balaban J connectivity index is -0.0000000842. The monoisotopic (exact) mass is 264 g/mol. The number of aliphatic hydroxyl groups is 1. The molecular formula is C15H36O3. The van der Waals surface area contributed by atoms with Crippen molar-refractivity contribution in [1.29, 1.82) is 0 Å². The molecule has 0 amide bonds. The summed E-state index contributed by atoms with van der Waals surface area (Å²) < 4.78 is 5.34. The molecule has 0 radical (unpaired) electrons. The summed E-state index contributed by atoms with van der Waals surface area (Å²) in [5.41, 5.74) is 0. The minimum absolute atomic E-state index is 0.0243. The summed E-state index contributed by atoms with van der Waals surface area (Å²) in [6, 6.07) is 0. The molecule has 0 aliphatic carbocycles. The molecule has 0 spiro atoms. The van der Waals surface area contributed by atoms with Crippen molar-refractivity contribution in [3.8, 4) is 0 Å². The van der Waals surface area contributed by atoms with E-state index in [4.69, 9.17) is 9.84 Å². The first-order chi connectivity index (χ1) is 8.64. The molecular weight excluding hydrogens is 228 g/mol. The van der Waals surface area contributed by atoms with Crippen LogP contribution in [0.3, 0.4) is 0 Å². The van der Waals surface area contributed by atoms with Gasteiger partial charge in [-0.3, -0.25) is 0 Å². The summed E-state index contributed by atoms with van der Waals surface area (Å²) in [6.07, 6.45) is 4.90. The predicted octanol–water partition coefficient (Wildman–Crippen LogP) is 4.22. The van der Waals surface area contributed by atoms with Gasteiger partial charge in [-0.15, -0.1) is 0 Å². The van der Waals surface area contributed by atoms with E-state index in [-0.39, 0.29) is 13.0 Å². The van der Waals surface area contributed by atoms with Crippen LogP contribution in [0.25, 0.3) is 0 Å². The number of aldehydes is 1. The molecule has 0 aromatic carbocycles. The fourth-order valence-electron chi connectivity index (χ4n) is 0.490. The molecule has 0 heterocycles. The van der Waals surface area contributed by atoms with Gasteiger partial charge in [-0.25, -0.2) is 0 Å². The van der Waals surface area contributed by atoms with Crippen LogP contribution in [-0.4, -0.2) is 30.7 Å². The maximum atomic E-state index is 9.24. The van der Waals surface area contributed by atoms with E-state index in [1.807, 2.05) is 13.8 Å². The molecule has 3 heteroatoms. The van der Waals surface area contributed by atoms with Crippen molar-refractivity contribution in [2.45, 2.75) is 80.3 Å². The highest BCUT2D eigenvalue weighted by molar-refractivity contribution is 5.49. The van der Waals surface area contributed by atoms with Gasteiger partial charge < -0.3 is 14.6 Å². The minimum Gasteiger partial charge on any atom is -0.396 e. The zero-order chi connectivity index (χ0) is 15.2. The molecule has 0 saturated carbocycles. The second kappa shape index (κ2) is 36.0. The summed E-state index contributed by atoms with van der Waals surface area (Å²) in [7, 11) is 0. The van der Waals surface area contributed by atoms with Crippen LogP contribution >= 0.6 is 0 Å². The smallest absolute Gasteiger partial charge is 0.122 e. The lowest BCUT2D eigenvalue weighted by atomic mass is 10.3. The molecule has 0 aromatic heterocycles. The number of carbonyl (C=O) groups is 1. The van der Waals surface area contributed by atoms with Crippen molar-refractivity contribution in [3.05, 3.63) is 0 Å². The molecule has 0 aliphatic rings. The molecule has 0 fully saturated rings. The van der Waals surface area contributed by atoms with Crippen LogP contribution in [-0.2, 0) is 9.53 Å². The maximum absolute atomic E-state index is 9.24. The van der Waals surface area contributed by atoms with Crippen LogP contribution in [0.2, 0.25) is 0 Å². The van der Waals surface area contributed by atoms with Crippen molar-refractivity contribution >= 4 is 6.29 Å². The first-order valence-electron chi connectivity index (χ1n) is 7.30. The maximum Gasteiger partial charge on any atom is 0.122 e. The first kappa shape index (κ1) is 26.2. The summed E-state index contributed by atoms with van der Waals surface area (Å²) in [4.78, 5) is 9.24. The summed E-state index contributed by atoms with van der Waals surface area (Å²) in [5, 5.41) is 7.84. The van der Waals surface area contributed by atoms with Crippen LogP contribution in [0.15, 0.2) is 0 Å². The van der Waals surface area contributed by atoms with Gasteiger partial charge in [-0.2, -0.15) is 0 Å². The molecule has 0 rings (SSSR count). The molecule has 114 valence electrons. The molecule has 0 aromatic rings. The molecule has 1 unspecified atom stereocenters. The van der Waals surface area contributed by atoms with E-state index >= 15 is 0 Å². The van der Waals surface area contributed by atoms with Gasteiger partial charge in [0.1, 0.15) is 6.29 Å². The SMILES string of the molecule is CC.CCC.CCCOC(C)CC.O=CCCO. The third-order valence-electron chi connectivity index (χ3n) is 1.43. The highest BCUT2D eigenvalue weighted by atomic mass is 16.5. The highest BCUT2D eigenvalue weighted by Gasteiger charge is 1.93. The van der Waals surface area contributed by atoms with Crippen LogP contribution in [0.5, 0.6) is 0 Å². The number of rotatable bonds is 6. The Hall–Kier alpha value is -0.410. The third-order valence-corrected chi connectivity index (χ3v) is 1.43. The van der Waals surface area contributed by atoms with E-state index < -0.39 is 0 Å². The lowest BCUT2D eigenvalue weighted by Gasteiger charge is -2.07. The van der Waals surface area contributed by atoms with Crippen LogP contribution < -0.4 is 0 Å². The van der Waals surface area contributed by atoms with Gasteiger partial charge in [-0.1, -0.05) is 48.0 Å². The van der Waals surface area contributed by atoms with E-state index in [1.54, 1.807) is 0 Å². The van der Waals surface area contributed by atoms with E-state index in [0.29, 0.717) is 12.4 Å². The van der Waals surface area contributed by atoms with Gasteiger partial charge in [0.2, 0.25) is 0 Å².